The molecule has 7 nitrogen and oxygen atoms in total. The first-order valence-corrected chi connectivity index (χ1v) is 7.56. The molecule has 2 aromatic heterocycles. The number of carbonyl (C=O) groups is 2. The van der Waals surface area contributed by atoms with Gasteiger partial charge in [-0.05, 0) is 50.6 Å². The molecule has 0 aliphatic carbocycles. The molecule has 8 heteroatoms. The van der Waals surface area contributed by atoms with E-state index in [-0.39, 0.29) is 23.2 Å². The van der Waals surface area contributed by atoms with Crippen molar-refractivity contribution in [3.8, 4) is 11.4 Å². The topological polar surface area (TPSA) is 104 Å². The second-order valence-corrected chi connectivity index (χ2v) is 5.65. The number of hydrogen-bond acceptors (Lipinski definition) is 4. The third-order valence-electron chi connectivity index (χ3n) is 3.85. The molecule has 2 heterocycles. The molecular formula is C17H16FN5O2. The summed E-state index contributed by atoms with van der Waals surface area (Å²) >= 11 is 0. The van der Waals surface area contributed by atoms with Crippen molar-refractivity contribution in [3.63, 3.8) is 0 Å². The lowest BCUT2D eigenvalue weighted by molar-refractivity contribution is 0.101. The molecule has 3 N–H and O–H groups in total. The van der Waals surface area contributed by atoms with E-state index in [0.29, 0.717) is 28.2 Å². The Hall–Kier alpha value is -3.29. The van der Waals surface area contributed by atoms with Gasteiger partial charge in [0, 0.05) is 16.8 Å². The van der Waals surface area contributed by atoms with Crippen LogP contribution in [0, 0.1) is 19.7 Å². The molecule has 128 valence electrons. The molecule has 3 aromatic rings. The summed E-state index contributed by atoms with van der Waals surface area (Å²) < 4.78 is 13.0. The average molecular weight is 341 g/mol. The highest BCUT2D eigenvalue weighted by molar-refractivity contribution is 6.07. The van der Waals surface area contributed by atoms with Crippen molar-refractivity contribution in [2.75, 3.05) is 5.32 Å². The first kappa shape index (κ1) is 16.6. The Morgan fingerprint density at radius 3 is 2.44 bits per heavy atom. The third kappa shape index (κ3) is 3.18. The molecule has 3 rings (SSSR count). The zero-order valence-electron chi connectivity index (χ0n) is 13.9. The van der Waals surface area contributed by atoms with Crippen LogP contribution in [0.15, 0.2) is 24.3 Å². The number of hydrogen-bond donors (Lipinski definition) is 3. The van der Waals surface area contributed by atoms with Gasteiger partial charge in [0.2, 0.25) is 5.95 Å². The molecule has 0 aliphatic rings. The van der Waals surface area contributed by atoms with Crippen LogP contribution in [0.5, 0.6) is 0 Å². The lowest BCUT2D eigenvalue weighted by atomic mass is 10.1. The molecule has 0 saturated heterocycles. The van der Waals surface area contributed by atoms with Gasteiger partial charge < -0.3 is 4.98 Å². The van der Waals surface area contributed by atoms with Crippen molar-refractivity contribution >= 4 is 17.6 Å². The maximum absolute atomic E-state index is 13.0. The number of carbonyl (C=O) groups excluding carboxylic acids is 2. The van der Waals surface area contributed by atoms with Crippen LogP contribution in [0.1, 0.15) is 39.0 Å². The highest BCUT2D eigenvalue weighted by Crippen LogP contribution is 2.20. The summed E-state index contributed by atoms with van der Waals surface area (Å²) in [6, 6.07) is 5.73. The Kier molecular flexibility index (Phi) is 4.18. The van der Waals surface area contributed by atoms with Gasteiger partial charge >= 0.3 is 0 Å². The summed E-state index contributed by atoms with van der Waals surface area (Å²) in [6.45, 7) is 4.89. The van der Waals surface area contributed by atoms with E-state index in [0.717, 1.165) is 0 Å². The predicted octanol–water partition coefficient (Wildman–Crippen LogP) is 3.01. The van der Waals surface area contributed by atoms with Gasteiger partial charge in [0.25, 0.3) is 5.91 Å². The van der Waals surface area contributed by atoms with E-state index in [4.69, 9.17) is 0 Å². The fourth-order valence-electron chi connectivity index (χ4n) is 2.72. The first-order chi connectivity index (χ1) is 11.9. The number of nitrogens with zero attached hydrogens (tertiary/aromatic N) is 2. The Morgan fingerprint density at radius 1 is 1.16 bits per heavy atom. The maximum atomic E-state index is 13.0. The van der Waals surface area contributed by atoms with E-state index in [2.05, 4.69) is 25.5 Å². The molecule has 1 aromatic carbocycles. The van der Waals surface area contributed by atoms with E-state index in [1.54, 1.807) is 26.0 Å². The summed E-state index contributed by atoms with van der Waals surface area (Å²) in [5.41, 5.74) is 2.65. The zero-order chi connectivity index (χ0) is 18.1. The number of H-pyrrole nitrogens is 2. The Bertz CT molecular complexity index is 956. The van der Waals surface area contributed by atoms with Crippen molar-refractivity contribution in [3.05, 3.63) is 52.6 Å². The highest BCUT2D eigenvalue weighted by Gasteiger charge is 2.20. The lowest BCUT2D eigenvalue weighted by Gasteiger charge is -2.00. The van der Waals surface area contributed by atoms with E-state index in [1.165, 1.54) is 19.1 Å². The number of aryl methyl sites for hydroxylation is 1. The maximum Gasteiger partial charge on any atom is 0.274 e. The van der Waals surface area contributed by atoms with Gasteiger partial charge in [0.15, 0.2) is 11.6 Å². The van der Waals surface area contributed by atoms with Crippen LogP contribution < -0.4 is 5.32 Å². The molecule has 0 fully saturated rings. The zero-order valence-corrected chi connectivity index (χ0v) is 13.9. The van der Waals surface area contributed by atoms with Crippen LogP contribution in [0.4, 0.5) is 10.3 Å². The van der Waals surface area contributed by atoms with Crippen molar-refractivity contribution in [2.45, 2.75) is 20.8 Å². The minimum Gasteiger partial charge on any atom is -0.354 e. The summed E-state index contributed by atoms with van der Waals surface area (Å²) in [4.78, 5) is 31.2. The van der Waals surface area contributed by atoms with Crippen LogP contribution in [0.25, 0.3) is 11.4 Å². The Labute approximate surface area is 142 Å². The summed E-state index contributed by atoms with van der Waals surface area (Å²) in [5, 5.41) is 9.19. The highest BCUT2D eigenvalue weighted by atomic mass is 19.1. The summed E-state index contributed by atoms with van der Waals surface area (Å²) in [6.07, 6.45) is 0. The van der Waals surface area contributed by atoms with E-state index < -0.39 is 5.91 Å². The molecule has 0 unspecified atom stereocenters. The van der Waals surface area contributed by atoms with E-state index in [9.17, 15) is 14.0 Å². The third-order valence-corrected chi connectivity index (χ3v) is 3.85. The second-order valence-electron chi connectivity index (χ2n) is 5.65. The van der Waals surface area contributed by atoms with Crippen LogP contribution in [-0.2, 0) is 0 Å². The molecule has 0 bridgehead atoms. The quantitative estimate of drug-likeness (QED) is 0.635. The normalized spacial score (nSPS) is 10.7. The average Bonchev–Trinajstić information content (AvgIpc) is 3.12. The van der Waals surface area contributed by atoms with Crippen LogP contribution in [0.3, 0.4) is 0 Å². The van der Waals surface area contributed by atoms with E-state index >= 15 is 0 Å². The van der Waals surface area contributed by atoms with Gasteiger partial charge in [-0.2, -0.15) is 4.98 Å². The fourth-order valence-corrected chi connectivity index (χ4v) is 2.72. The number of anilines is 1. The molecule has 25 heavy (non-hydrogen) atoms. The van der Waals surface area contributed by atoms with Gasteiger partial charge in [-0.15, -0.1) is 5.10 Å². The molecule has 1 amide bonds. The number of Topliss-reactive ketones (excluding diaryl/α,β-unsaturated/α-hetero) is 1. The van der Waals surface area contributed by atoms with Crippen LogP contribution >= 0.6 is 0 Å². The predicted molar refractivity (Wildman–Crippen MR) is 90.0 cm³/mol. The van der Waals surface area contributed by atoms with Gasteiger partial charge in [0.1, 0.15) is 11.5 Å². The number of nitrogens with one attached hydrogen (secondary N) is 3. The van der Waals surface area contributed by atoms with Crippen LogP contribution in [-0.4, -0.2) is 31.9 Å². The number of rotatable bonds is 4. The standard InChI is InChI=1S/C17H16FN5O2/c1-8-13(10(3)24)9(2)19-14(8)16(25)21-17-20-15(22-23-17)11-4-6-12(18)7-5-11/h4-7,19H,1-3H3,(H2,20,21,22,23,25). The second kappa shape index (κ2) is 6.31. The molecular weight excluding hydrogens is 325 g/mol. The minimum atomic E-state index is -0.447. The smallest absolute Gasteiger partial charge is 0.274 e. The van der Waals surface area contributed by atoms with E-state index in [1.807, 2.05) is 0 Å². The monoisotopic (exact) mass is 341 g/mol. The fraction of sp³-hybridized carbons (Fsp3) is 0.176. The Balaban J connectivity index is 1.82. The van der Waals surface area contributed by atoms with Crippen molar-refractivity contribution in [1.29, 1.82) is 0 Å². The largest absolute Gasteiger partial charge is 0.354 e. The Morgan fingerprint density at radius 2 is 1.84 bits per heavy atom. The van der Waals surface area contributed by atoms with Crippen LogP contribution in [0.2, 0.25) is 0 Å². The number of halogens is 1. The number of amides is 1. The number of aromatic amines is 2. The number of aromatic nitrogens is 4. The molecule has 0 atom stereocenters. The van der Waals surface area contributed by atoms with Gasteiger partial charge in [0.05, 0.1) is 0 Å². The van der Waals surface area contributed by atoms with Crippen molar-refractivity contribution in [1.82, 2.24) is 20.2 Å². The van der Waals surface area contributed by atoms with Gasteiger partial charge in [-0.3, -0.25) is 20.0 Å². The molecule has 0 saturated carbocycles. The minimum absolute atomic E-state index is 0.0837. The van der Waals surface area contributed by atoms with Gasteiger partial charge in [-0.1, -0.05) is 0 Å². The molecule has 0 aliphatic heterocycles. The van der Waals surface area contributed by atoms with Crippen molar-refractivity contribution < 1.29 is 14.0 Å². The first-order valence-electron chi connectivity index (χ1n) is 7.56. The lowest BCUT2D eigenvalue weighted by Crippen LogP contribution is -2.15. The summed E-state index contributed by atoms with van der Waals surface area (Å²) in [5.74, 6) is -0.422. The van der Waals surface area contributed by atoms with Gasteiger partial charge in [-0.25, -0.2) is 4.39 Å². The number of benzene rings is 1. The number of ketones is 1. The SMILES string of the molecule is CC(=O)c1c(C)[nH]c(C(=O)Nc2n[nH]c(-c3ccc(F)cc3)n2)c1C. The molecule has 0 spiro atoms. The van der Waals surface area contributed by atoms with Crippen molar-refractivity contribution in [2.24, 2.45) is 0 Å². The summed E-state index contributed by atoms with van der Waals surface area (Å²) in [7, 11) is 0. The molecule has 0 radical (unpaired) electrons.